The van der Waals surface area contributed by atoms with E-state index < -0.39 is 6.61 Å². The Morgan fingerprint density at radius 3 is 2.35 bits per heavy atom. The molecule has 0 fully saturated rings. The van der Waals surface area contributed by atoms with Gasteiger partial charge in [-0.05, 0) is 36.8 Å². The summed E-state index contributed by atoms with van der Waals surface area (Å²) in [5.41, 5.74) is 1.42. The molecule has 3 nitrogen and oxygen atoms in total. The Hall–Kier alpha value is -2.30. The molecule has 2 N–H and O–H groups in total. The maximum Gasteiger partial charge on any atom is 0.387 e. The van der Waals surface area contributed by atoms with E-state index in [1.165, 1.54) is 6.07 Å². The highest BCUT2D eigenvalue weighted by atomic mass is 19.3. The van der Waals surface area contributed by atoms with Crippen molar-refractivity contribution in [3.05, 3.63) is 54.1 Å². The fourth-order valence-corrected chi connectivity index (χ4v) is 1.86. The molecular weight excluding hydrogens is 264 g/mol. The molecule has 0 aliphatic rings. The third-order valence-corrected chi connectivity index (χ3v) is 2.87. The van der Waals surface area contributed by atoms with Crippen LogP contribution in [0.3, 0.4) is 0 Å². The number of para-hydroxylation sites is 2. The zero-order valence-electron chi connectivity index (χ0n) is 10.9. The van der Waals surface area contributed by atoms with Crippen LogP contribution in [0.2, 0.25) is 0 Å². The van der Waals surface area contributed by atoms with Gasteiger partial charge in [-0.2, -0.15) is 8.78 Å². The lowest BCUT2D eigenvalue weighted by Gasteiger charge is -2.18. The van der Waals surface area contributed by atoms with Gasteiger partial charge in [0.25, 0.3) is 0 Å². The molecule has 20 heavy (non-hydrogen) atoms. The summed E-state index contributed by atoms with van der Waals surface area (Å²) in [6.45, 7) is -0.965. The van der Waals surface area contributed by atoms with Crippen molar-refractivity contribution in [2.45, 2.75) is 19.6 Å². The maximum atomic E-state index is 12.3. The van der Waals surface area contributed by atoms with E-state index in [1.807, 2.05) is 6.92 Å². The molecule has 0 amide bonds. The minimum Gasteiger partial charge on any atom is -0.508 e. The van der Waals surface area contributed by atoms with E-state index >= 15 is 0 Å². The Bertz CT molecular complexity index is 558. The Balaban J connectivity index is 2.15. The van der Waals surface area contributed by atoms with E-state index in [1.54, 1.807) is 42.5 Å². The lowest BCUT2D eigenvalue weighted by molar-refractivity contribution is -0.0493. The second-order valence-corrected chi connectivity index (χ2v) is 4.33. The summed E-state index contributed by atoms with van der Waals surface area (Å²) in [6.07, 6.45) is 0. The molecule has 0 aromatic heterocycles. The number of hydrogen-bond acceptors (Lipinski definition) is 3. The van der Waals surface area contributed by atoms with E-state index in [2.05, 4.69) is 10.1 Å². The van der Waals surface area contributed by atoms with E-state index in [4.69, 9.17) is 0 Å². The van der Waals surface area contributed by atoms with Crippen LogP contribution < -0.4 is 10.1 Å². The van der Waals surface area contributed by atoms with Gasteiger partial charge in [-0.3, -0.25) is 0 Å². The Labute approximate surface area is 115 Å². The number of alkyl halides is 2. The van der Waals surface area contributed by atoms with Gasteiger partial charge in [-0.1, -0.05) is 24.3 Å². The SMILES string of the molecule is CC(Nc1ccccc1OC(F)F)c1ccc(O)cc1. The van der Waals surface area contributed by atoms with Gasteiger partial charge in [-0.25, -0.2) is 0 Å². The number of rotatable bonds is 5. The summed E-state index contributed by atoms with van der Waals surface area (Å²) in [5, 5.41) is 12.4. The average Bonchev–Trinajstić information content (AvgIpc) is 2.41. The number of phenols is 1. The molecule has 0 saturated heterocycles. The molecule has 0 bridgehead atoms. The van der Waals surface area contributed by atoms with Crippen LogP contribution in [0, 0.1) is 0 Å². The van der Waals surface area contributed by atoms with Crippen molar-refractivity contribution in [3.8, 4) is 11.5 Å². The van der Waals surface area contributed by atoms with Crippen LogP contribution in [0.5, 0.6) is 11.5 Å². The Morgan fingerprint density at radius 1 is 1.05 bits per heavy atom. The number of benzene rings is 2. The average molecular weight is 279 g/mol. The molecule has 2 aromatic rings. The van der Waals surface area contributed by atoms with E-state index in [0.717, 1.165) is 5.56 Å². The van der Waals surface area contributed by atoms with E-state index in [-0.39, 0.29) is 17.5 Å². The van der Waals surface area contributed by atoms with Crippen LogP contribution in [0.25, 0.3) is 0 Å². The van der Waals surface area contributed by atoms with Gasteiger partial charge < -0.3 is 15.2 Å². The molecule has 0 aliphatic carbocycles. The molecule has 1 atom stereocenters. The quantitative estimate of drug-likeness (QED) is 0.863. The summed E-state index contributed by atoms with van der Waals surface area (Å²) < 4.78 is 29.1. The van der Waals surface area contributed by atoms with Crippen molar-refractivity contribution in [1.29, 1.82) is 0 Å². The van der Waals surface area contributed by atoms with Crippen molar-refractivity contribution < 1.29 is 18.6 Å². The number of phenolic OH excluding ortho intramolecular Hbond substituents is 1. The highest BCUT2D eigenvalue weighted by molar-refractivity contribution is 5.57. The summed E-state index contributed by atoms with van der Waals surface area (Å²) in [5.74, 6) is 0.288. The predicted molar refractivity (Wildman–Crippen MR) is 73.2 cm³/mol. The Kier molecular flexibility index (Phi) is 4.40. The van der Waals surface area contributed by atoms with Crippen molar-refractivity contribution in [3.63, 3.8) is 0 Å². The van der Waals surface area contributed by atoms with Crippen molar-refractivity contribution >= 4 is 5.69 Å². The molecular formula is C15H15F2NO2. The fourth-order valence-electron chi connectivity index (χ4n) is 1.86. The number of aromatic hydroxyl groups is 1. The molecule has 0 spiro atoms. The van der Waals surface area contributed by atoms with Crippen molar-refractivity contribution in [2.75, 3.05) is 5.32 Å². The van der Waals surface area contributed by atoms with Crippen molar-refractivity contribution in [2.24, 2.45) is 0 Å². The first-order chi connectivity index (χ1) is 9.56. The topological polar surface area (TPSA) is 41.5 Å². The standard InChI is InChI=1S/C15H15F2NO2/c1-10(11-6-8-12(19)9-7-11)18-13-4-2-3-5-14(13)20-15(16)17/h2-10,15,18-19H,1H3. The van der Waals surface area contributed by atoms with Crippen molar-refractivity contribution in [1.82, 2.24) is 0 Å². The van der Waals surface area contributed by atoms with Gasteiger partial charge in [0.05, 0.1) is 5.69 Å². The van der Waals surface area contributed by atoms with Crippen LogP contribution in [0.4, 0.5) is 14.5 Å². The van der Waals surface area contributed by atoms with Gasteiger partial charge in [0, 0.05) is 6.04 Å². The molecule has 5 heteroatoms. The van der Waals surface area contributed by atoms with Crippen LogP contribution in [-0.4, -0.2) is 11.7 Å². The first-order valence-corrected chi connectivity index (χ1v) is 6.15. The molecule has 0 aliphatic heterocycles. The zero-order valence-corrected chi connectivity index (χ0v) is 10.9. The lowest BCUT2D eigenvalue weighted by atomic mass is 10.1. The monoisotopic (exact) mass is 279 g/mol. The van der Waals surface area contributed by atoms with Gasteiger partial charge in [0.15, 0.2) is 0 Å². The summed E-state index contributed by atoms with van der Waals surface area (Å²) >= 11 is 0. The van der Waals surface area contributed by atoms with Crippen LogP contribution in [0.15, 0.2) is 48.5 Å². The first-order valence-electron chi connectivity index (χ1n) is 6.15. The molecule has 2 aromatic carbocycles. The van der Waals surface area contributed by atoms with Gasteiger partial charge in [0.1, 0.15) is 11.5 Å². The molecule has 1 unspecified atom stereocenters. The van der Waals surface area contributed by atoms with Crippen LogP contribution >= 0.6 is 0 Å². The maximum absolute atomic E-state index is 12.3. The number of halogens is 2. The third-order valence-electron chi connectivity index (χ3n) is 2.87. The second-order valence-electron chi connectivity index (χ2n) is 4.33. The third kappa shape index (κ3) is 3.60. The molecule has 0 radical (unpaired) electrons. The molecule has 106 valence electrons. The zero-order chi connectivity index (χ0) is 14.5. The molecule has 0 saturated carbocycles. The number of nitrogens with one attached hydrogen (secondary N) is 1. The normalized spacial score (nSPS) is 12.2. The number of hydrogen-bond donors (Lipinski definition) is 2. The van der Waals surface area contributed by atoms with Gasteiger partial charge >= 0.3 is 6.61 Å². The highest BCUT2D eigenvalue weighted by Crippen LogP contribution is 2.29. The Morgan fingerprint density at radius 2 is 1.70 bits per heavy atom. The molecule has 2 rings (SSSR count). The van der Waals surface area contributed by atoms with E-state index in [0.29, 0.717) is 5.69 Å². The van der Waals surface area contributed by atoms with Gasteiger partial charge in [-0.15, -0.1) is 0 Å². The smallest absolute Gasteiger partial charge is 0.387 e. The minimum atomic E-state index is -2.86. The minimum absolute atomic E-state index is 0.105. The summed E-state index contributed by atoms with van der Waals surface area (Å²) in [7, 11) is 0. The van der Waals surface area contributed by atoms with Crippen LogP contribution in [0.1, 0.15) is 18.5 Å². The first kappa shape index (κ1) is 14.1. The van der Waals surface area contributed by atoms with E-state index in [9.17, 15) is 13.9 Å². The lowest BCUT2D eigenvalue weighted by Crippen LogP contribution is -2.09. The predicted octanol–water partition coefficient (Wildman–Crippen LogP) is 4.17. The summed E-state index contributed by atoms with van der Waals surface area (Å²) in [6, 6.07) is 13.1. The molecule has 0 heterocycles. The second kappa shape index (κ2) is 6.23. The largest absolute Gasteiger partial charge is 0.508 e. The number of anilines is 1. The fraction of sp³-hybridized carbons (Fsp3) is 0.200. The summed E-state index contributed by atoms with van der Waals surface area (Å²) in [4.78, 5) is 0. The number of ether oxygens (including phenoxy) is 1. The highest BCUT2D eigenvalue weighted by Gasteiger charge is 2.12. The van der Waals surface area contributed by atoms with Crippen LogP contribution in [-0.2, 0) is 0 Å². The van der Waals surface area contributed by atoms with Gasteiger partial charge in [0.2, 0.25) is 0 Å².